The Kier molecular flexibility index (Phi) is 10.5. The molecule has 2 saturated heterocycles. The van der Waals surface area contributed by atoms with Gasteiger partial charge in [-0.2, -0.15) is 0 Å². The third-order valence-corrected chi connectivity index (χ3v) is 10.8. The first kappa shape index (κ1) is 36.9. The number of carbonyl (C=O) groups is 1. The van der Waals surface area contributed by atoms with Crippen LogP contribution in [0.15, 0.2) is 85.2 Å². The minimum Gasteiger partial charge on any atom is -0.496 e. The highest BCUT2D eigenvalue weighted by molar-refractivity contribution is 6.07. The van der Waals surface area contributed by atoms with E-state index in [-0.39, 0.29) is 11.3 Å². The number of rotatable bonds is 10. The first-order valence-corrected chi connectivity index (χ1v) is 19.0. The van der Waals surface area contributed by atoms with E-state index < -0.39 is 23.2 Å². The number of pyridine rings is 1. The molecule has 3 aromatic carbocycles. The van der Waals surface area contributed by atoms with Crippen LogP contribution in [-0.4, -0.2) is 76.6 Å². The van der Waals surface area contributed by atoms with Gasteiger partial charge in [0, 0.05) is 48.8 Å². The second-order valence-electron chi connectivity index (χ2n) is 14.3. The summed E-state index contributed by atoms with van der Waals surface area (Å²) in [7, 11) is 3.08. The Bertz CT molecular complexity index is 2370. The lowest BCUT2D eigenvalue weighted by atomic mass is 9.99. The number of benzene rings is 3. The van der Waals surface area contributed by atoms with E-state index in [0.29, 0.717) is 46.0 Å². The molecular formula is C43H44F2N8O3. The van der Waals surface area contributed by atoms with Gasteiger partial charge < -0.3 is 29.9 Å². The van der Waals surface area contributed by atoms with Crippen LogP contribution in [0.1, 0.15) is 48.0 Å². The fourth-order valence-corrected chi connectivity index (χ4v) is 7.85. The largest absolute Gasteiger partial charge is 0.496 e. The topological polar surface area (TPSA) is 109 Å². The van der Waals surface area contributed by atoms with Gasteiger partial charge in [0.1, 0.15) is 34.5 Å². The average molecular weight is 759 g/mol. The Morgan fingerprint density at radius 3 is 2.36 bits per heavy atom. The third kappa shape index (κ3) is 7.46. The molecule has 0 aliphatic carbocycles. The van der Waals surface area contributed by atoms with Gasteiger partial charge >= 0.3 is 0 Å². The molecule has 13 heteroatoms. The van der Waals surface area contributed by atoms with E-state index in [1.54, 1.807) is 37.6 Å². The lowest BCUT2D eigenvalue weighted by molar-refractivity contribution is 0.102. The number of hydrogen-bond acceptors (Lipinski definition) is 9. The van der Waals surface area contributed by atoms with Crippen LogP contribution in [0.25, 0.3) is 28.3 Å². The molecule has 2 N–H and O–H groups in total. The molecule has 56 heavy (non-hydrogen) atoms. The summed E-state index contributed by atoms with van der Waals surface area (Å²) in [5, 5.41) is 5.73. The van der Waals surface area contributed by atoms with Crippen molar-refractivity contribution >= 4 is 34.6 Å². The summed E-state index contributed by atoms with van der Waals surface area (Å²) in [5.74, 6) is -1.28. The summed E-state index contributed by atoms with van der Waals surface area (Å²) < 4.78 is 42.3. The molecule has 2 fully saturated rings. The van der Waals surface area contributed by atoms with Gasteiger partial charge in [0.25, 0.3) is 5.91 Å². The first-order valence-electron chi connectivity index (χ1n) is 19.0. The van der Waals surface area contributed by atoms with Gasteiger partial charge in [0.2, 0.25) is 5.95 Å². The standard InChI is InChI=1S/C43H44F2N8O3/c1-27-15-23-53-38(24-27)49-39(28-10-13-36(55-2)31(25-28)42(54)50-40-32(44)8-7-9-33(40)45)41(53)35-14-18-46-43(48-35)47-34-12-11-30(26-37(34)56-3)52-21-16-29(17-22-52)51-19-5-4-6-20-51/h7-15,18,23-26,29H,4-6,16-17,19-22H2,1-3H3,(H,50,54)(H,46,47,48). The molecule has 0 radical (unpaired) electrons. The van der Waals surface area contributed by atoms with Crippen LogP contribution in [0.3, 0.4) is 0 Å². The number of nitrogens with zero attached hydrogens (tertiary/aromatic N) is 6. The molecule has 5 heterocycles. The number of piperidine rings is 2. The van der Waals surface area contributed by atoms with Crippen LogP contribution in [0.4, 0.5) is 31.8 Å². The lowest BCUT2D eigenvalue weighted by Gasteiger charge is -2.41. The van der Waals surface area contributed by atoms with Crippen molar-refractivity contribution in [3.8, 4) is 34.1 Å². The molecule has 6 aromatic rings. The molecule has 3 aromatic heterocycles. The maximum atomic E-state index is 14.5. The van der Waals surface area contributed by atoms with E-state index in [1.807, 2.05) is 35.7 Å². The van der Waals surface area contributed by atoms with Crippen LogP contribution < -0.4 is 25.0 Å². The highest BCUT2D eigenvalue weighted by Gasteiger charge is 2.27. The summed E-state index contributed by atoms with van der Waals surface area (Å²) in [6, 6.07) is 20.9. The van der Waals surface area contributed by atoms with Crippen LogP contribution in [0.5, 0.6) is 11.5 Å². The molecule has 2 aliphatic rings. The number of imidazole rings is 1. The second kappa shape index (κ2) is 16.0. The van der Waals surface area contributed by atoms with E-state index in [4.69, 9.17) is 19.4 Å². The van der Waals surface area contributed by atoms with Crippen molar-refractivity contribution in [2.45, 2.75) is 45.1 Å². The van der Waals surface area contributed by atoms with Crippen LogP contribution >= 0.6 is 0 Å². The number of methoxy groups -OCH3 is 2. The van der Waals surface area contributed by atoms with Crippen molar-refractivity contribution in [3.05, 3.63) is 108 Å². The molecule has 0 bridgehead atoms. The number of ether oxygens (including phenoxy) is 2. The number of anilines is 4. The number of aromatic nitrogens is 4. The van der Waals surface area contributed by atoms with E-state index in [9.17, 15) is 13.6 Å². The summed E-state index contributed by atoms with van der Waals surface area (Å²) in [5.41, 5.74) is 5.34. The van der Waals surface area contributed by atoms with Gasteiger partial charge in [0.05, 0.1) is 42.6 Å². The van der Waals surface area contributed by atoms with Crippen molar-refractivity contribution in [1.82, 2.24) is 24.3 Å². The summed E-state index contributed by atoms with van der Waals surface area (Å²) in [6.07, 6.45) is 9.88. The second-order valence-corrected chi connectivity index (χ2v) is 14.3. The zero-order valence-electron chi connectivity index (χ0n) is 31.7. The molecular weight excluding hydrogens is 715 g/mol. The molecule has 0 saturated carbocycles. The highest BCUT2D eigenvalue weighted by Crippen LogP contribution is 2.37. The summed E-state index contributed by atoms with van der Waals surface area (Å²) >= 11 is 0. The van der Waals surface area contributed by atoms with Crippen molar-refractivity contribution in [2.75, 3.05) is 55.9 Å². The quantitative estimate of drug-likeness (QED) is 0.142. The maximum absolute atomic E-state index is 14.5. The van der Waals surface area contributed by atoms with Crippen LogP contribution in [0.2, 0.25) is 0 Å². The fourth-order valence-electron chi connectivity index (χ4n) is 7.85. The fraction of sp³-hybridized carbons (Fsp3) is 0.302. The predicted molar refractivity (Wildman–Crippen MR) is 214 cm³/mol. The van der Waals surface area contributed by atoms with Crippen molar-refractivity contribution in [1.29, 1.82) is 0 Å². The number of hydrogen-bond donors (Lipinski definition) is 2. The molecule has 1 amide bonds. The van der Waals surface area contributed by atoms with Crippen molar-refractivity contribution in [2.24, 2.45) is 0 Å². The van der Waals surface area contributed by atoms with Gasteiger partial charge in [0.15, 0.2) is 0 Å². The lowest BCUT2D eigenvalue weighted by Crippen LogP contribution is -2.46. The Morgan fingerprint density at radius 1 is 0.839 bits per heavy atom. The minimum atomic E-state index is -0.892. The monoisotopic (exact) mass is 758 g/mol. The number of aryl methyl sites for hydroxylation is 1. The van der Waals surface area contributed by atoms with Crippen molar-refractivity contribution < 1.29 is 23.0 Å². The van der Waals surface area contributed by atoms with Gasteiger partial charge in [-0.1, -0.05) is 12.5 Å². The summed E-state index contributed by atoms with van der Waals surface area (Å²) in [4.78, 5) is 33.1. The van der Waals surface area contributed by atoms with Crippen LogP contribution in [-0.2, 0) is 0 Å². The molecule has 8 rings (SSSR count). The van der Waals surface area contributed by atoms with E-state index >= 15 is 0 Å². The molecule has 2 aliphatic heterocycles. The molecule has 0 spiro atoms. The van der Waals surface area contributed by atoms with Gasteiger partial charge in [-0.05, 0) is 112 Å². The number of likely N-dealkylation sites (tertiary alicyclic amines) is 1. The van der Waals surface area contributed by atoms with Gasteiger partial charge in [-0.25, -0.2) is 23.7 Å². The zero-order chi connectivity index (χ0) is 38.8. The molecule has 0 unspecified atom stereocenters. The minimum absolute atomic E-state index is 0.0683. The Labute approximate surface area is 324 Å². The number of carbonyl (C=O) groups excluding carboxylic acids is 1. The smallest absolute Gasteiger partial charge is 0.259 e. The zero-order valence-corrected chi connectivity index (χ0v) is 31.7. The molecule has 0 atom stereocenters. The number of nitrogens with one attached hydrogen (secondary N) is 2. The summed E-state index contributed by atoms with van der Waals surface area (Å²) in [6.45, 7) is 6.45. The highest BCUT2D eigenvalue weighted by atomic mass is 19.1. The number of halogens is 2. The van der Waals surface area contributed by atoms with E-state index in [1.165, 1.54) is 45.5 Å². The van der Waals surface area contributed by atoms with Gasteiger partial charge in [-0.3, -0.25) is 9.20 Å². The Balaban J connectivity index is 1.09. The number of amides is 1. The predicted octanol–water partition coefficient (Wildman–Crippen LogP) is 8.51. The van der Waals surface area contributed by atoms with E-state index in [2.05, 4.69) is 37.6 Å². The Morgan fingerprint density at radius 2 is 1.61 bits per heavy atom. The van der Waals surface area contributed by atoms with Crippen molar-refractivity contribution in [3.63, 3.8) is 0 Å². The SMILES string of the molecule is COc1cc(N2CCC(N3CCCCC3)CC2)ccc1Nc1nccc(-c2c(-c3ccc(OC)c(C(=O)Nc4c(F)cccc4F)c3)nc3cc(C)ccn23)n1. The van der Waals surface area contributed by atoms with Crippen LogP contribution in [0, 0.1) is 18.6 Å². The Hall–Kier alpha value is -6.08. The maximum Gasteiger partial charge on any atom is 0.259 e. The molecule has 288 valence electrons. The third-order valence-electron chi connectivity index (χ3n) is 10.8. The first-order chi connectivity index (χ1) is 27.3. The average Bonchev–Trinajstić information content (AvgIpc) is 3.61. The number of para-hydroxylation sites is 1. The normalized spacial score (nSPS) is 15.2. The van der Waals surface area contributed by atoms with E-state index in [0.717, 1.165) is 55.0 Å². The van der Waals surface area contributed by atoms with Gasteiger partial charge in [-0.15, -0.1) is 0 Å². The number of fused-ring (bicyclic) bond motifs is 1. The molecule has 11 nitrogen and oxygen atoms in total.